The lowest BCUT2D eigenvalue weighted by atomic mass is 10.1. The summed E-state index contributed by atoms with van der Waals surface area (Å²) in [5.74, 6) is -1.69. The number of rotatable bonds is 1. The van der Waals surface area contributed by atoms with Gasteiger partial charge in [0, 0.05) is 6.20 Å². The average molecular weight is 294 g/mol. The lowest BCUT2D eigenvalue weighted by Gasteiger charge is -2.12. The highest BCUT2D eigenvalue weighted by Gasteiger charge is 2.38. The van der Waals surface area contributed by atoms with E-state index in [9.17, 15) is 26.3 Å². The molecule has 0 N–H and O–H groups in total. The van der Waals surface area contributed by atoms with Gasteiger partial charge in [-0.3, -0.25) is 0 Å². The van der Waals surface area contributed by atoms with Crippen LogP contribution in [0.3, 0.4) is 0 Å². The van der Waals surface area contributed by atoms with Gasteiger partial charge in [0.15, 0.2) is 5.82 Å². The van der Waals surface area contributed by atoms with Crippen molar-refractivity contribution in [1.82, 2.24) is 4.98 Å². The van der Waals surface area contributed by atoms with Gasteiger partial charge in [0.2, 0.25) is 0 Å². The molecule has 0 saturated heterocycles. The van der Waals surface area contributed by atoms with E-state index in [2.05, 4.69) is 20.9 Å². The molecule has 1 nitrogen and oxygen atoms in total. The van der Waals surface area contributed by atoms with E-state index in [1.807, 2.05) is 0 Å². The van der Waals surface area contributed by atoms with Crippen molar-refractivity contribution in [2.75, 3.05) is 0 Å². The number of nitrogens with zero attached hydrogens (tertiary/aromatic N) is 1. The van der Waals surface area contributed by atoms with Crippen molar-refractivity contribution in [2.45, 2.75) is 12.6 Å². The summed E-state index contributed by atoms with van der Waals surface area (Å²) in [6.07, 6.45) is -8.45. The molecule has 15 heavy (non-hydrogen) atoms. The summed E-state index contributed by atoms with van der Waals surface area (Å²) in [6.45, 7) is 0. The van der Waals surface area contributed by atoms with Crippen molar-refractivity contribution in [3.63, 3.8) is 0 Å². The summed E-state index contributed by atoms with van der Waals surface area (Å²) in [5.41, 5.74) is -3.46. The monoisotopic (exact) mass is 293 g/mol. The van der Waals surface area contributed by atoms with Gasteiger partial charge >= 0.3 is 6.18 Å². The first kappa shape index (κ1) is 12.3. The van der Waals surface area contributed by atoms with Crippen LogP contribution in [0.25, 0.3) is 0 Å². The fourth-order valence-electron chi connectivity index (χ4n) is 0.916. The van der Waals surface area contributed by atoms with Crippen molar-refractivity contribution in [1.29, 1.82) is 0 Å². The first-order valence-corrected chi connectivity index (χ1v) is 4.23. The quantitative estimate of drug-likeness (QED) is 0.564. The van der Waals surface area contributed by atoms with E-state index < -0.39 is 34.1 Å². The Bertz CT molecular complexity index is 374. The first-order valence-electron chi connectivity index (χ1n) is 3.44. The molecule has 0 aliphatic heterocycles. The van der Waals surface area contributed by atoms with Crippen molar-refractivity contribution in [2.24, 2.45) is 0 Å². The molecule has 0 amide bonds. The normalized spacial score (nSPS) is 12.3. The summed E-state index contributed by atoms with van der Waals surface area (Å²) < 4.78 is 73.2. The highest BCUT2D eigenvalue weighted by atomic mass is 79.9. The second kappa shape index (κ2) is 3.99. The topological polar surface area (TPSA) is 12.9 Å². The molecule has 1 aromatic heterocycles. The molecule has 0 aliphatic rings. The summed E-state index contributed by atoms with van der Waals surface area (Å²) in [6, 6.07) is 0. The van der Waals surface area contributed by atoms with Gasteiger partial charge in [0.05, 0.1) is 11.1 Å². The molecule has 0 atom stereocenters. The Morgan fingerprint density at radius 1 is 1.27 bits per heavy atom. The van der Waals surface area contributed by atoms with Crippen LogP contribution in [0, 0.1) is 5.82 Å². The third kappa shape index (κ3) is 2.42. The minimum absolute atomic E-state index is 0.161. The van der Waals surface area contributed by atoms with Crippen LogP contribution < -0.4 is 0 Å². The summed E-state index contributed by atoms with van der Waals surface area (Å²) in [7, 11) is 0. The third-order valence-electron chi connectivity index (χ3n) is 1.54. The molecule has 0 saturated carbocycles. The third-order valence-corrected chi connectivity index (χ3v) is 2.09. The van der Waals surface area contributed by atoms with E-state index in [0.29, 0.717) is 0 Å². The molecule has 1 rings (SSSR count). The summed E-state index contributed by atoms with van der Waals surface area (Å²) in [4.78, 5) is 2.98. The number of halogens is 7. The van der Waals surface area contributed by atoms with Crippen LogP contribution in [0.4, 0.5) is 26.3 Å². The minimum atomic E-state index is -5.06. The van der Waals surface area contributed by atoms with Crippen molar-refractivity contribution < 1.29 is 26.3 Å². The summed E-state index contributed by atoms with van der Waals surface area (Å²) in [5, 5.41) is 0. The lowest BCUT2D eigenvalue weighted by molar-refractivity contribution is -0.140. The number of aromatic nitrogens is 1. The summed E-state index contributed by atoms with van der Waals surface area (Å²) >= 11 is 2.43. The molecule has 0 unspecified atom stereocenters. The van der Waals surface area contributed by atoms with Crippen molar-refractivity contribution in [3.8, 4) is 0 Å². The number of hydrogen-bond donors (Lipinski definition) is 0. The highest BCUT2D eigenvalue weighted by molar-refractivity contribution is 9.10. The van der Waals surface area contributed by atoms with Gasteiger partial charge < -0.3 is 0 Å². The van der Waals surface area contributed by atoms with Gasteiger partial charge in [0.1, 0.15) is 4.60 Å². The maximum absolute atomic E-state index is 13.0. The Morgan fingerprint density at radius 3 is 2.20 bits per heavy atom. The van der Waals surface area contributed by atoms with Gasteiger partial charge in [-0.1, -0.05) is 0 Å². The van der Waals surface area contributed by atoms with E-state index in [-0.39, 0.29) is 6.20 Å². The van der Waals surface area contributed by atoms with Crippen molar-refractivity contribution in [3.05, 3.63) is 27.7 Å². The predicted molar refractivity (Wildman–Crippen MR) is 41.9 cm³/mol. The lowest BCUT2D eigenvalue weighted by Crippen LogP contribution is -2.12. The number of alkyl halides is 5. The zero-order valence-electron chi connectivity index (χ0n) is 6.75. The van der Waals surface area contributed by atoms with Crippen LogP contribution >= 0.6 is 15.9 Å². The second-order valence-corrected chi connectivity index (χ2v) is 3.24. The smallest absolute Gasteiger partial charge is 0.246 e. The molecule has 1 aromatic rings. The standard InChI is InChI=1S/C7H2BrF6N/c8-5-4(9)3(6(10)11)2(1-15-5)7(12,13)14/h1,6H. The fourth-order valence-corrected chi connectivity index (χ4v) is 1.23. The molecule has 0 fully saturated rings. The van der Waals surface area contributed by atoms with E-state index in [1.54, 1.807) is 0 Å². The molecule has 0 bridgehead atoms. The molecule has 0 radical (unpaired) electrons. The molecule has 8 heteroatoms. The Morgan fingerprint density at radius 2 is 1.80 bits per heavy atom. The maximum atomic E-state index is 13.0. The van der Waals surface area contributed by atoms with Gasteiger partial charge in [-0.2, -0.15) is 13.2 Å². The van der Waals surface area contributed by atoms with Gasteiger partial charge in [-0.15, -0.1) is 0 Å². The Hall–Kier alpha value is -0.790. The van der Waals surface area contributed by atoms with Gasteiger partial charge in [0.25, 0.3) is 6.43 Å². The Labute approximate surface area is 88.2 Å². The van der Waals surface area contributed by atoms with Crippen LogP contribution in [-0.4, -0.2) is 4.98 Å². The molecular formula is C7H2BrF6N. The Balaban J connectivity index is 3.47. The van der Waals surface area contributed by atoms with Crippen LogP contribution in [0.2, 0.25) is 0 Å². The fraction of sp³-hybridized carbons (Fsp3) is 0.286. The van der Waals surface area contributed by atoms with E-state index in [4.69, 9.17) is 0 Å². The average Bonchev–Trinajstić information content (AvgIpc) is 2.06. The molecule has 0 spiro atoms. The zero-order valence-corrected chi connectivity index (χ0v) is 8.33. The SMILES string of the molecule is Fc1c(Br)ncc(C(F)(F)F)c1C(F)F. The van der Waals surface area contributed by atoms with Crippen LogP contribution in [0.15, 0.2) is 10.8 Å². The van der Waals surface area contributed by atoms with E-state index in [0.717, 1.165) is 0 Å². The van der Waals surface area contributed by atoms with Crippen LogP contribution in [0.5, 0.6) is 0 Å². The first-order chi connectivity index (χ1) is 6.75. The van der Waals surface area contributed by atoms with Crippen molar-refractivity contribution >= 4 is 15.9 Å². The highest BCUT2D eigenvalue weighted by Crippen LogP contribution is 2.38. The maximum Gasteiger partial charge on any atom is 0.418 e. The zero-order chi connectivity index (χ0) is 11.8. The van der Waals surface area contributed by atoms with Gasteiger partial charge in [-0.25, -0.2) is 18.2 Å². The van der Waals surface area contributed by atoms with Gasteiger partial charge in [-0.05, 0) is 15.9 Å². The molecule has 84 valence electrons. The number of pyridine rings is 1. The second-order valence-electron chi connectivity index (χ2n) is 2.49. The van der Waals surface area contributed by atoms with E-state index >= 15 is 0 Å². The van der Waals surface area contributed by atoms with Crippen LogP contribution in [0.1, 0.15) is 17.6 Å². The molecule has 0 aromatic carbocycles. The predicted octanol–water partition coefficient (Wildman–Crippen LogP) is 3.94. The number of hydrogen-bond acceptors (Lipinski definition) is 1. The molecule has 1 heterocycles. The molecular weight excluding hydrogens is 292 g/mol. The van der Waals surface area contributed by atoms with Crippen LogP contribution in [-0.2, 0) is 6.18 Å². The Kier molecular flexibility index (Phi) is 3.27. The largest absolute Gasteiger partial charge is 0.418 e. The minimum Gasteiger partial charge on any atom is -0.246 e. The molecule has 0 aliphatic carbocycles. The van der Waals surface area contributed by atoms with E-state index in [1.165, 1.54) is 0 Å².